The summed E-state index contributed by atoms with van der Waals surface area (Å²) >= 11 is 14.0. The van der Waals surface area contributed by atoms with Gasteiger partial charge in [-0.05, 0) is 34.9 Å². The molecule has 0 amide bonds. The van der Waals surface area contributed by atoms with Crippen LogP contribution in [0.1, 0.15) is 0 Å². The second-order valence-electron chi connectivity index (χ2n) is 2.11. The lowest BCUT2D eigenvalue weighted by atomic mass is 10.7. The van der Waals surface area contributed by atoms with Crippen LogP contribution in [0.3, 0.4) is 0 Å². The van der Waals surface area contributed by atoms with Gasteiger partial charge in [-0.3, -0.25) is 0 Å². The third kappa shape index (κ3) is 2.54. The molecule has 0 aliphatic carbocycles. The largest absolute Gasteiger partial charge is 0.224 e. The van der Waals surface area contributed by atoms with Crippen LogP contribution in [0.25, 0.3) is 0 Å². The molecular weight excluding hydrogens is 263 g/mol. The van der Waals surface area contributed by atoms with E-state index in [1.807, 2.05) is 0 Å². The zero-order valence-corrected chi connectivity index (χ0v) is 9.66. The zero-order valence-electron chi connectivity index (χ0n) is 6.52. The third-order valence-electron chi connectivity index (χ3n) is 1.18. The quantitative estimate of drug-likeness (QED) is 0.617. The van der Waals surface area contributed by atoms with Gasteiger partial charge < -0.3 is 0 Å². The van der Waals surface area contributed by atoms with Gasteiger partial charge >= 0.3 is 0 Å². The maximum atomic E-state index is 5.71. The summed E-state index contributed by atoms with van der Waals surface area (Å²) in [6, 6.07) is 1.62. The standard InChI is InChI=1S/C6H2Cl2N4S2/c7-3-1-4(12-5(8)11-3)13-6-9-2-10-14-6/h1-2H. The van der Waals surface area contributed by atoms with Crippen molar-refractivity contribution in [3.63, 3.8) is 0 Å². The normalized spacial score (nSPS) is 10.4. The van der Waals surface area contributed by atoms with Crippen LogP contribution >= 0.6 is 46.5 Å². The smallest absolute Gasteiger partial charge is 0.216 e. The average molecular weight is 265 g/mol. The molecule has 14 heavy (non-hydrogen) atoms. The second-order valence-corrected chi connectivity index (χ2v) is 4.88. The highest BCUT2D eigenvalue weighted by molar-refractivity contribution is 8.00. The Labute approximate surface area is 97.9 Å². The zero-order chi connectivity index (χ0) is 9.97. The summed E-state index contributed by atoms with van der Waals surface area (Å²) in [7, 11) is 0. The predicted octanol–water partition coefficient (Wildman–Crippen LogP) is 2.79. The Morgan fingerprint density at radius 3 is 2.79 bits per heavy atom. The molecule has 0 fully saturated rings. The Bertz CT molecular complexity index is 413. The molecule has 0 aromatic carbocycles. The highest BCUT2D eigenvalue weighted by Crippen LogP contribution is 2.28. The van der Waals surface area contributed by atoms with E-state index in [0.29, 0.717) is 10.2 Å². The van der Waals surface area contributed by atoms with E-state index in [1.54, 1.807) is 6.07 Å². The number of halogens is 2. The molecule has 0 bridgehead atoms. The molecule has 4 nitrogen and oxygen atoms in total. The van der Waals surface area contributed by atoms with Gasteiger partial charge in [0, 0.05) is 6.07 Å². The summed E-state index contributed by atoms with van der Waals surface area (Å²) in [6.45, 7) is 0. The minimum absolute atomic E-state index is 0.129. The first-order valence-corrected chi connectivity index (χ1v) is 5.73. The number of hydrogen-bond acceptors (Lipinski definition) is 6. The van der Waals surface area contributed by atoms with E-state index in [0.717, 1.165) is 4.34 Å². The fourth-order valence-electron chi connectivity index (χ4n) is 0.720. The van der Waals surface area contributed by atoms with E-state index < -0.39 is 0 Å². The molecular formula is C6H2Cl2N4S2. The molecule has 0 spiro atoms. The van der Waals surface area contributed by atoms with Crippen molar-refractivity contribution >= 4 is 46.5 Å². The highest BCUT2D eigenvalue weighted by atomic mass is 35.5. The number of aromatic nitrogens is 4. The molecule has 0 radical (unpaired) electrons. The van der Waals surface area contributed by atoms with Gasteiger partial charge in [0.2, 0.25) is 5.28 Å². The van der Waals surface area contributed by atoms with Crippen LogP contribution in [0, 0.1) is 0 Å². The third-order valence-corrected chi connectivity index (χ3v) is 3.17. The lowest BCUT2D eigenvalue weighted by Gasteiger charge is -1.97. The SMILES string of the molecule is Clc1cc(Sc2ncns2)nc(Cl)n1. The summed E-state index contributed by atoms with van der Waals surface area (Å²) in [4.78, 5) is 11.7. The van der Waals surface area contributed by atoms with E-state index in [9.17, 15) is 0 Å². The minimum atomic E-state index is 0.129. The fourth-order valence-corrected chi connectivity index (χ4v) is 2.64. The van der Waals surface area contributed by atoms with Crippen molar-refractivity contribution in [3.8, 4) is 0 Å². The highest BCUT2D eigenvalue weighted by Gasteiger charge is 2.05. The Morgan fingerprint density at radius 1 is 1.29 bits per heavy atom. The molecule has 0 atom stereocenters. The van der Waals surface area contributed by atoms with E-state index >= 15 is 0 Å². The van der Waals surface area contributed by atoms with Gasteiger partial charge in [0.15, 0.2) is 4.34 Å². The van der Waals surface area contributed by atoms with Crippen LogP contribution in [0.15, 0.2) is 21.8 Å². The first-order chi connectivity index (χ1) is 6.74. The predicted molar refractivity (Wildman–Crippen MR) is 56.1 cm³/mol. The maximum Gasteiger partial charge on any atom is 0.224 e. The van der Waals surface area contributed by atoms with Gasteiger partial charge in [0.25, 0.3) is 0 Å². The van der Waals surface area contributed by atoms with Crippen molar-refractivity contribution in [3.05, 3.63) is 22.8 Å². The molecule has 2 rings (SSSR count). The molecule has 0 aliphatic heterocycles. The van der Waals surface area contributed by atoms with Crippen molar-refractivity contribution in [2.45, 2.75) is 9.37 Å². The van der Waals surface area contributed by atoms with E-state index in [2.05, 4.69) is 19.3 Å². The lowest BCUT2D eigenvalue weighted by molar-refractivity contribution is 1.05. The summed E-state index contributed by atoms with van der Waals surface area (Å²) in [5.41, 5.74) is 0. The van der Waals surface area contributed by atoms with Crippen molar-refractivity contribution in [2.75, 3.05) is 0 Å². The van der Waals surface area contributed by atoms with Crippen molar-refractivity contribution < 1.29 is 0 Å². The van der Waals surface area contributed by atoms with Crippen molar-refractivity contribution in [1.29, 1.82) is 0 Å². The molecule has 2 aromatic rings. The first kappa shape index (κ1) is 10.1. The fraction of sp³-hybridized carbons (Fsp3) is 0. The number of nitrogens with zero attached hydrogens (tertiary/aromatic N) is 4. The van der Waals surface area contributed by atoms with Gasteiger partial charge in [0.1, 0.15) is 16.5 Å². The lowest BCUT2D eigenvalue weighted by Crippen LogP contribution is -1.85. The van der Waals surface area contributed by atoms with Crippen LogP contribution in [0.2, 0.25) is 10.4 Å². The molecule has 0 unspecified atom stereocenters. The Hall–Kier alpha value is -0.430. The van der Waals surface area contributed by atoms with E-state index in [1.165, 1.54) is 29.6 Å². The molecule has 8 heteroatoms. The number of rotatable bonds is 2. The van der Waals surface area contributed by atoms with Gasteiger partial charge in [-0.1, -0.05) is 11.6 Å². The summed E-state index contributed by atoms with van der Waals surface area (Å²) in [5.74, 6) is 0. The minimum Gasteiger partial charge on any atom is -0.216 e. The Morgan fingerprint density at radius 2 is 2.14 bits per heavy atom. The van der Waals surface area contributed by atoms with Crippen LogP contribution in [0.4, 0.5) is 0 Å². The summed E-state index contributed by atoms with van der Waals surface area (Å²) in [6.07, 6.45) is 1.48. The maximum absolute atomic E-state index is 5.71. The van der Waals surface area contributed by atoms with Gasteiger partial charge in [-0.2, -0.15) is 4.37 Å². The molecule has 2 aromatic heterocycles. The van der Waals surface area contributed by atoms with Crippen LogP contribution < -0.4 is 0 Å². The van der Waals surface area contributed by atoms with Crippen LogP contribution in [-0.4, -0.2) is 19.3 Å². The summed E-state index contributed by atoms with van der Waals surface area (Å²) in [5, 5.41) is 1.10. The van der Waals surface area contributed by atoms with Gasteiger partial charge in [-0.25, -0.2) is 15.0 Å². The van der Waals surface area contributed by atoms with E-state index in [-0.39, 0.29) is 5.28 Å². The van der Waals surface area contributed by atoms with Gasteiger partial charge in [-0.15, -0.1) is 0 Å². The second kappa shape index (κ2) is 4.39. The topological polar surface area (TPSA) is 51.6 Å². The summed E-state index contributed by atoms with van der Waals surface area (Å²) < 4.78 is 4.65. The monoisotopic (exact) mass is 264 g/mol. The molecule has 2 heterocycles. The van der Waals surface area contributed by atoms with Crippen molar-refractivity contribution in [2.24, 2.45) is 0 Å². The Balaban J connectivity index is 2.25. The first-order valence-electron chi connectivity index (χ1n) is 3.38. The molecule has 72 valence electrons. The molecule has 0 N–H and O–H groups in total. The number of hydrogen-bond donors (Lipinski definition) is 0. The molecule has 0 saturated carbocycles. The van der Waals surface area contributed by atoms with Gasteiger partial charge in [0.05, 0.1) is 0 Å². The van der Waals surface area contributed by atoms with Crippen LogP contribution in [0.5, 0.6) is 0 Å². The Kier molecular flexibility index (Phi) is 3.17. The molecule has 0 aliphatic rings. The van der Waals surface area contributed by atoms with Crippen LogP contribution in [-0.2, 0) is 0 Å². The van der Waals surface area contributed by atoms with Crippen molar-refractivity contribution in [1.82, 2.24) is 19.3 Å². The average Bonchev–Trinajstić information content (AvgIpc) is 2.54. The molecule has 0 saturated heterocycles. The van der Waals surface area contributed by atoms with E-state index in [4.69, 9.17) is 23.2 Å².